The van der Waals surface area contributed by atoms with E-state index in [-0.39, 0.29) is 0 Å². The Bertz CT molecular complexity index is 1250. The number of aromatic nitrogens is 3. The zero-order chi connectivity index (χ0) is 23.5. The minimum absolute atomic E-state index is 0.320. The summed E-state index contributed by atoms with van der Waals surface area (Å²) < 4.78 is 58.1. The number of H-pyrrole nitrogens is 1. The first-order chi connectivity index (χ1) is 15.1. The highest BCUT2D eigenvalue weighted by molar-refractivity contribution is 6.30. The fourth-order valence-electron chi connectivity index (χ4n) is 3.08. The lowest BCUT2D eigenvalue weighted by Gasteiger charge is -2.01. The van der Waals surface area contributed by atoms with Crippen molar-refractivity contribution in [3.8, 4) is 22.5 Å². The zero-order valence-electron chi connectivity index (χ0n) is 17.0. The number of aryl methyl sites for hydroxylation is 1. The number of carbonyl (C=O) groups excluding carboxylic acids is 1. The van der Waals surface area contributed by atoms with E-state index in [1.165, 1.54) is 29.9 Å². The molecule has 0 aliphatic rings. The fourth-order valence-corrected chi connectivity index (χ4v) is 3.26. The number of fused-ring (bicyclic) bond motifs is 1. The highest BCUT2D eigenvalue weighted by Gasteiger charge is 2.34. The number of halogens is 5. The predicted octanol–water partition coefficient (Wildman–Crippen LogP) is 6.23. The van der Waals surface area contributed by atoms with Crippen LogP contribution in [0.2, 0.25) is 5.02 Å². The van der Waals surface area contributed by atoms with Gasteiger partial charge in [-0.05, 0) is 49.4 Å². The molecule has 0 saturated heterocycles. The minimum atomic E-state index is -4.51. The summed E-state index contributed by atoms with van der Waals surface area (Å²) in [6.45, 7) is 2.66. The molecule has 0 atom stereocenters. The maximum atomic E-state index is 14.1. The Balaban J connectivity index is 0.000000523. The Kier molecular flexibility index (Phi) is 6.88. The summed E-state index contributed by atoms with van der Waals surface area (Å²) >= 11 is 5.95. The van der Waals surface area contributed by atoms with E-state index in [2.05, 4.69) is 14.8 Å². The van der Waals surface area contributed by atoms with E-state index in [1.54, 1.807) is 31.2 Å². The van der Waals surface area contributed by atoms with Crippen molar-refractivity contribution in [2.24, 2.45) is 7.05 Å². The average Bonchev–Trinajstić information content (AvgIpc) is 3.33. The molecule has 2 aromatic carbocycles. The van der Waals surface area contributed by atoms with Gasteiger partial charge in [0.05, 0.1) is 12.3 Å². The minimum Gasteiger partial charge on any atom is -0.468 e. The van der Waals surface area contributed by atoms with Crippen LogP contribution in [0.1, 0.15) is 12.6 Å². The van der Waals surface area contributed by atoms with E-state index in [4.69, 9.17) is 11.6 Å². The summed E-state index contributed by atoms with van der Waals surface area (Å²) in [6, 6.07) is 12.1. The van der Waals surface area contributed by atoms with Gasteiger partial charge in [0, 0.05) is 39.8 Å². The third-order valence-electron chi connectivity index (χ3n) is 4.54. The van der Waals surface area contributed by atoms with E-state index in [1.807, 2.05) is 0 Å². The average molecular weight is 468 g/mol. The first kappa shape index (κ1) is 23.3. The molecular weight excluding hydrogens is 450 g/mol. The number of hydrogen-bond acceptors (Lipinski definition) is 3. The molecule has 0 aliphatic heterocycles. The van der Waals surface area contributed by atoms with Gasteiger partial charge in [0.15, 0.2) is 5.69 Å². The predicted molar refractivity (Wildman–Crippen MR) is 114 cm³/mol. The van der Waals surface area contributed by atoms with Gasteiger partial charge in [-0.2, -0.15) is 18.3 Å². The first-order valence-electron chi connectivity index (χ1n) is 9.39. The second-order valence-corrected chi connectivity index (χ2v) is 7.13. The van der Waals surface area contributed by atoms with E-state index in [9.17, 15) is 22.4 Å². The molecule has 10 heteroatoms. The van der Waals surface area contributed by atoms with Crippen LogP contribution in [-0.2, 0) is 22.8 Å². The lowest BCUT2D eigenvalue weighted by atomic mass is 10.1. The standard InChI is InChI=1S/C19H12ClF4N3.C3H6O2/c1-27-17(9-18(26-27)19(22,23)24)10-2-5-15-11(6-10)7-16(25-15)13-8-12(20)3-4-14(13)21;1-2-5-3-4/h2-9,25H,1H3;3H,2H2,1H3. The lowest BCUT2D eigenvalue weighted by Crippen LogP contribution is -2.06. The summed E-state index contributed by atoms with van der Waals surface area (Å²) in [5.41, 5.74) is 1.54. The third-order valence-corrected chi connectivity index (χ3v) is 4.78. The quantitative estimate of drug-likeness (QED) is 0.286. The second kappa shape index (κ2) is 9.44. The molecule has 0 unspecified atom stereocenters. The molecule has 0 radical (unpaired) electrons. The van der Waals surface area contributed by atoms with Gasteiger partial charge in [0.25, 0.3) is 6.47 Å². The normalized spacial score (nSPS) is 11.2. The maximum Gasteiger partial charge on any atom is 0.435 e. The highest BCUT2D eigenvalue weighted by Crippen LogP contribution is 2.34. The van der Waals surface area contributed by atoms with Crippen LogP contribution >= 0.6 is 11.6 Å². The molecule has 5 nitrogen and oxygen atoms in total. The number of nitrogens with one attached hydrogen (secondary N) is 1. The number of benzene rings is 2. The van der Waals surface area contributed by atoms with E-state index < -0.39 is 17.7 Å². The molecule has 0 spiro atoms. The number of hydrogen-bond donors (Lipinski definition) is 1. The molecule has 0 bridgehead atoms. The number of alkyl halides is 3. The van der Waals surface area contributed by atoms with E-state index >= 15 is 0 Å². The Hall–Kier alpha value is -3.33. The molecule has 32 heavy (non-hydrogen) atoms. The van der Waals surface area contributed by atoms with Crippen molar-refractivity contribution in [2.45, 2.75) is 13.1 Å². The van der Waals surface area contributed by atoms with Gasteiger partial charge in [-0.1, -0.05) is 17.7 Å². The van der Waals surface area contributed by atoms with Gasteiger partial charge >= 0.3 is 6.18 Å². The van der Waals surface area contributed by atoms with Crippen molar-refractivity contribution in [3.63, 3.8) is 0 Å². The summed E-state index contributed by atoms with van der Waals surface area (Å²) in [5.74, 6) is -0.423. The number of aromatic amines is 1. The molecule has 4 aromatic rings. The van der Waals surface area contributed by atoms with E-state index in [0.29, 0.717) is 40.6 Å². The van der Waals surface area contributed by atoms with Crippen LogP contribution in [0.4, 0.5) is 17.6 Å². The van der Waals surface area contributed by atoms with Gasteiger partial charge in [-0.25, -0.2) is 4.39 Å². The van der Waals surface area contributed by atoms with Gasteiger partial charge in [0.1, 0.15) is 5.82 Å². The SMILES string of the molecule is CCOC=O.Cn1nc(C(F)(F)F)cc1-c1ccc2[nH]c(-c3cc(Cl)ccc3F)cc2c1. The molecule has 0 amide bonds. The number of nitrogens with zero attached hydrogens (tertiary/aromatic N) is 2. The van der Waals surface area contributed by atoms with Crippen LogP contribution in [0.25, 0.3) is 33.4 Å². The fraction of sp³-hybridized carbons (Fsp3) is 0.182. The topological polar surface area (TPSA) is 59.9 Å². The largest absolute Gasteiger partial charge is 0.468 e. The molecule has 0 saturated carbocycles. The monoisotopic (exact) mass is 467 g/mol. The number of rotatable bonds is 4. The van der Waals surface area contributed by atoms with Gasteiger partial charge in [-0.15, -0.1) is 0 Å². The summed E-state index contributed by atoms with van der Waals surface area (Å²) in [4.78, 5) is 12.3. The summed E-state index contributed by atoms with van der Waals surface area (Å²) in [5, 5.41) is 4.67. The van der Waals surface area contributed by atoms with Crippen molar-refractivity contribution in [1.29, 1.82) is 0 Å². The highest BCUT2D eigenvalue weighted by atomic mass is 35.5. The number of ether oxygens (including phenoxy) is 1. The molecule has 168 valence electrons. The van der Waals surface area contributed by atoms with Crippen molar-refractivity contribution in [2.75, 3.05) is 6.61 Å². The second-order valence-electron chi connectivity index (χ2n) is 6.70. The lowest BCUT2D eigenvalue weighted by molar-refractivity contribution is -0.141. The van der Waals surface area contributed by atoms with Crippen LogP contribution < -0.4 is 0 Å². The molecule has 2 aromatic heterocycles. The van der Waals surface area contributed by atoms with Crippen molar-refractivity contribution >= 4 is 29.0 Å². The van der Waals surface area contributed by atoms with Crippen LogP contribution in [-0.4, -0.2) is 27.8 Å². The van der Waals surface area contributed by atoms with Crippen LogP contribution in [0.3, 0.4) is 0 Å². The van der Waals surface area contributed by atoms with Crippen LogP contribution in [0.5, 0.6) is 0 Å². The van der Waals surface area contributed by atoms with Crippen LogP contribution in [0, 0.1) is 5.82 Å². The summed E-state index contributed by atoms with van der Waals surface area (Å²) in [6.07, 6.45) is -4.51. The van der Waals surface area contributed by atoms with Gasteiger partial charge in [-0.3, -0.25) is 9.48 Å². The van der Waals surface area contributed by atoms with Crippen molar-refractivity contribution in [1.82, 2.24) is 14.8 Å². The Morgan fingerprint density at radius 3 is 2.50 bits per heavy atom. The zero-order valence-corrected chi connectivity index (χ0v) is 17.8. The summed E-state index contributed by atoms with van der Waals surface area (Å²) in [7, 11) is 1.46. The van der Waals surface area contributed by atoms with E-state index in [0.717, 1.165) is 17.0 Å². The van der Waals surface area contributed by atoms with Crippen LogP contribution in [0.15, 0.2) is 48.5 Å². The molecular formula is C22H18ClF4N3O2. The Morgan fingerprint density at radius 1 is 1.16 bits per heavy atom. The molecule has 2 heterocycles. The first-order valence-corrected chi connectivity index (χ1v) is 9.77. The maximum absolute atomic E-state index is 14.1. The molecule has 4 rings (SSSR count). The Morgan fingerprint density at radius 2 is 1.91 bits per heavy atom. The number of carbonyl (C=O) groups is 1. The van der Waals surface area contributed by atoms with Crippen molar-refractivity contribution < 1.29 is 27.1 Å². The van der Waals surface area contributed by atoms with Gasteiger partial charge < -0.3 is 9.72 Å². The molecule has 1 N–H and O–H groups in total. The van der Waals surface area contributed by atoms with Gasteiger partial charge in [0.2, 0.25) is 0 Å². The Labute approximate surface area is 185 Å². The third kappa shape index (κ3) is 5.11. The molecule has 0 fully saturated rings. The smallest absolute Gasteiger partial charge is 0.435 e. The molecule has 0 aliphatic carbocycles. The van der Waals surface area contributed by atoms with Crippen molar-refractivity contribution in [3.05, 3.63) is 65.1 Å².